The molecule has 132 valence electrons. The number of amides is 1. The van der Waals surface area contributed by atoms with Gasteiger partial charge in [0.25, 0.3) is 5.91 Å². The Morgan fingerprint density at radius 3 is 2.84 bits per heavy atom. The second kappa shape index (κ2) is 7.48. The summed E-state index contributed by atoms with van der Waals surface area (Å²) in [7, 11) is 0. The maximum absolute atomic E-state index is 12.5. The summed E-state index contributed by atoms with van der Waals surface area (Å²) in [6, 6.07) is 6.88. The monoisotopic (exact) mass is 343 g/mol. The molecule has 7 nitrogen and oxygen atoms in total. The number of carbonyl (C=O) groups excluding carboxylic acids is 1. The molecule has 0 unspecified atom stereocenters. The Bertz CT molecular complexity index is 784. The van der Waals surface area contributed by atoms with E-state index in [4.69, 9.17) is 10.3 Å². The minimum Gasteiger partial charge on any atom is -0.480 e. The average molecular weight is 343 g/mol. The van der Waals surface area contributed by atoms with Gasteiger partial charge in [-0.2, -0.15) is 0 Å². The van der Waals surface area contributed by atoms with Crippen molar-refractivity contribution in [3.63, 3.8) is 0 Å². The van der Waals surface area contributed by atoms with Gasteiger partial charge in [-0.1, -0.05) is 29.4 Å². The first-order valence-electron chi connectivity index (χ1n) is 8.42. The van der Waals surface area contributed by atoms with Crippen molar-refractivity contribution in [2.45, 2.75) is 38.1 Å². The number of carbonyl (C=O) groups is 2. The molecule has 1 aliphatic rings. The van der Waals surface area contributed by atoms with Crippen molar-refractivity contribution in [2.75, 3.05) is 6.54 Å². The molecule has 4 N–H and O–H groups in total. The molecule has 0 aliphatic heterocycles. The van der Waals surface area contributed by atoms with Crippen molar-refractivity contribution >= 4 is 11.9 Å². The van der Waals surface area contributed by atoms with E-state index in [1.165, 1.54) is 0 Å². The normalized spacial score (nSPS) is 13.6. The molecule has 1 amide bonds. The lowest BCUT2D eigenvalue weighted by atomic mass is 9.89. The first kappa shape index (κ1) is 17.2. The molecule has 1 atom stereocenters. The van der Waals surface area contributed by atoms with Crippen LogP contribution in [0.2, 0.25) is 0 Å². The van der Waals surface area contributed by atoms with E-state index in [2.05, 4.69) is 10.5 Å². The van der Waals surface area contributed by atoms with Crippen molar-refractivity contribution < 1.29 is 19.2 Å². The molecule has 1 aliphatic carbocycles. The third-order valence-corrected chi connectivity index (χ3v) is 4.46. The molecule has 25 heavy (non-hydrogen) atoms. The van der Waals surface area contributed by atoms with Crippen LogP contribution in [0, 0.1) is 0 Å². The molecule has 7 heteroatoms. The zero-order chi connectivity index (χ0) is 17.8. The summed E-state index contributed by atoms with van der Waals surface area (Å²) in [5.41, 5.74) is 8.43. The van der Waals surface area contributed by atoms with Crippen LogP contribution in [-0.2, 0) is 17.6 Å². The van der Waals surface area contributed by atoms with Crippen LogP contribution in [0.3, 0.4) is 0 Å². The Hall–Kier alpha value is -2.67. The van der Waals surface area contributed by atoms with Gasteiger partial charge in [-0.25, -0.2) is 4.79 Å². The maximum atomic E-state index is 12.5. The SMILES string of the molecule is NCCCC[C@H](NC(=O)c1noc2c1CCc1ccccc1-2)C(=O)O. The summed E-state index contributed by atoms with van der Waals surface area (Å²) >= 11 is 0. The Morgan fingerprint density at radius 2 is 2.08 bits per heavy atom. The van der Waals surface area contributed by atoms with Gasteiger partial charge in [0.15, 0.2) is 11.5 Å². The minimum atomic E-state index is -1.06. The molecule has 1 heterocycles. The number of aromatic nitrogens is 1. The van der Waals surface area contributed by atoms with Crippen molar-refractivity contribution in [1.29, 1.82) is 0 Å². The second-order valence-electron chi connectivity index (χ2n) is 6.14. The van der Waals surface area contributed by atoms with Crippen LogP contribution in [-0.4, -0.2) is 34.7 Å². The van der Waals surface area contributed by atoms with Crippen LogP contribution < -0.4 is 11.1 Å². The number of nitrogens with zero attached hydrogens (tertiary/aromatic N) is 1. The fourth-order valence-corrected chi connectivity index (χ4v) is 3.13. The van der Waals surface area contributed by atoms with E-state index in [0.29, 0.717) is 31.6 Å². The lowest BCUT2D eigenvalue weighted by Gasteiger charge is -2.16. The summed E-state index contributed by atoms with van der Waals surface area (Å²) in [5, 5.41) is 15.8. The van der Waals surface area contributed by atoms with E-state index in [1.807, 2.05) is 24.3 Å². The van der Waals surface area contributed by atoms with E-state index in [1.54, 1.807) is 0 Å². The van der Waals surface area contributed by atoms with Crippen LogP contribution in [0.5, 0.6) is 0 Å². The third kappa shape index (κ3) is 3.56. The lowest BCUT2D eigenvalue weighted by molar-refractivity contribution is -0.139. The summed E-state index contributed by atoms with van der Waals surface area (Å²) < 4.78 is 5.40. The van der Waals surface area contributed by atoms with Gasteiger partial charge in [0, 0.05) is 11.1 Å². The van der Waals surface area contributed by atoms with Gasteiger partial charge in [0.1, 0.15) is 6.04 Å². The minimum absolute atomic E-state index is 0.176. The molecule has 1 aromatic heterocycles. The highest BCUT2D eigenvalue weighted by Gasteiger charge is 2.29. The average Bonchev–Trinajstić information content (AvgIpc) is 3.05. The third-order valence-electron chi connectivity index (χ3n) is 4.46. The number of aliphatic carboxylic acids is 1. The number of fused-ring (bicyclic) bond motifs is 3. The van der Waals surface area contributed by atoms with Crippen LogP contribution >= 0.6 is 0 Å². The highest BCUT2D eigenvalue weighted by molar-refractivity contribution is 5.97. The van der Waals surface area contributed by atoms with E-state index in [-0.39, 0.29) is 5.69 Å². The van der Waals surface area contributed by atoms with Gasteiger partial charge in [-0.15, -0.1) is 0 Å². The molecule has 0 fully saturated rings. The van der Waals surface area contributed by atoms with Gasteiger partial charge in [0.05, 0.1) is 0 Å². The van der Waals surface area contributed by atoms with Crippen molar-refractivity contribution in [3.05, 3.63) is 41.1 Å². The number of nitrogens with one attached hydrogen (secondary N) is 1. The van der Waals surface area contributed by atoms with Gasteiger partial charge < -0.3 is 20.7 Å². The summed E-state index contributed by atoms with van der Waals surface area (Å²) in [5.74, 6) is -0.973. The number of hydrogen-bond acceptors (Lipinski definition) is 5. The van der Waals surface area contributed by atoms with Crippen molar-refractivity contribution in [1.82, 2.24) is 10.5 Å². The lowest BCUT2D eigenvalue weighted by Crippen LogP contribution is -2.41. The Labute approximate surface area is 145 Å². The number of hydrogen-bond donors (Lipinski definition) is 3. The van der Waals surface area contributed by atoms with Crippen LogP contribution in [0.25, 0.3) is 11.3 Å². The zero-order valence-electron chi connectivity index (χ0n) is 13.8. The summed E-state index contributed by atoms with van der Waals surface area (Å²) in [6.07, 6.45) is 3.13. The molecule has 0 bridgehead atoms. The largest absolute Gasteiger partial charge is 0.480 e. The van der Waals surface area contributed by atoms with Crippen LogP contribution in [0.15, 0.2) is 28.8 Å². The number of nitrogens with two attached hydrogens (primary N) is 1. The van der Waals surface area contributed by atoms with E-state index >= 15 is 0 Å². The Kier molecular flexibility index (Phi) is 5.14. The fraction of sp³-hybridized carbons (Fsp3) is 0.389. The number of carboxylic acids is 1. The number of rotatable bonds is 7. The predicted octanol–water partition coefficient (Wildman–Crippen LogP) is 1.75. The van der Waals surface area contributed by atoms with Gasteiger partial charge >= 0.3 is 5.97 Å². The number of aryl methyl sites for hydroxylation is 1. The molecular weight excluding hydrogens is 322 g/mol. The van der Waals surface area contributed by atoms with E-state index in [0.717, 1.165) is 29.5 Å². The summed E-state index contributed by atoms with van der Waals surface area (Å²) in [6.45, 7) is 0.497. The van der Waals surface area contributed by atoms with Gasteiger partial charge in [-0.05, 0) is 44.2 Å². The first-order chi connectivity index (χ1) is 12.1. The second-order valence-corrected chi connectivity index (χ2v) is 6.14. The molecule has 0 spiro atoms. The highest BCUT2D eigenvalue weighted by Crippen LogP contribution is 2.35. The molecule has 0 saturated carbocycles. The van der Waals surface area contributed by atoms with Gasteiger partial charge in [0.2, 0.25) is 0 Å². The topological polar surface area (TPSA) is 118 Å². The smallest absolute Gasteiger partial charge is 0.326 e. The van der Waals surface area contributed by atoms with Crippen LogP contribution in [0.1, 0.15) is 40.9 Å². The quantitative estimate of drug-likeness (QED) is 0.659. The molecule has 0 radical (unpaired) electrons. The maximum Gasteiger partial charge on any atom is 0.326 e. The first-order valence-corrected chi connectivity index (χ1v) is 8.42. The molecule has 3 rings (SSSR count). The van der Waals surface area contributed by atoms with Gasteiger partial charge in [-0.3, -0.25) is 4.79 Å². The summed E-state index contributed by atoms with van der Waals surface area (Å²) in [4.78, 5) is 23.9. The standard InChI is InChI=1S/C18H21N3O4/c19-10-4-3-7-14(18(23)24)20-17(22)15-13-9-8-11-5-1-2-6-12(11)16(13)25-21-15/h1-2,5-6,14H,3-4,7-10,19H2,(H,20,22)(H,23,24)/t14-/m0/s1. The van der Waals surface area contributed by atoms with E-state index in [9.17, 15) is 14.7 Å². The molecular formula is C18H21N3O4. The Morgan fingerprint density at radius 1 is 1.28 bits per heavy atom. The highest BCUT2D eigenvalue weighted by atomic mass is 16.5. The number of carboxylic acid groups (broad SMARTS) is 1. The number of benzene rings is 1. The molecule has 2 aromatic rings. The fourth-order valence-electron chi connectivity index (χ4n) is 3.13. The Balaban J connectivity index is 1.78. The number of unbranched alkanes of at least 4 members (excludes halogenated alkanes) is 1. The van der Waals surface area contributed by atoms with Crippen molar-refractivity contribution in [3.8, 4) is 11.3 Å². The molecule has 0 saturated heterocycles. The van der Waals surface area contributed by atoms with E-state index < -0.39 is 17.9 Å². The molecule has 1 aromatic carbocycles. The predicted molar refractivity (Wildman–Crippen MR) is 91.1 cm³/mol. The van der Waals surface area contributed by atoms with Crippen LogP contribution in [0.4, 0.5) is 0 Å². The zero-order valence-corrected chi connectivity index (χ0v) is 13.8. The van der Waals surface area contributed by atoms with Crippen molar-refractivity contribution in [2.24, 2.45) is 5.73 Å².